The molecular weight excluding hydrogens is 302 g/mol. The Hall–Kier alpha value is -1.66. The highest BCUT2D eigenvalue weighted by Gasteiger charge is 2.24. The van der Waals surface area contributed by atoms with Crippen molar-refractivity contribution in [3.63, 3.8) is 0 Å². The van der Waals surface area contributed by atoms with Gasteiger partial charge in [-0.25, -0.2) is 8.42 Å². The first-order valence-electron chi connectivity index (χ1n) is 7.08. The van der Waals surface area contributed by atoms with Gasteiger partial charge in [0.2, 0.25) is 10.0 Å². The largest absolute Gasteiger partial charge is 0.468 e. The number of carbonyl (C=O) groups excluding carboxylic acids is 1. The van der Waals surface area contributed by atoms with E-state index in [1.54, 1.807) is 0 Å². The summed E-state index contributed by atoms with van der Waals surface area (Å²) in [5, 5.41) is 1.06. The van der Waals surface area contributed by atoms with Crippen LogP contribution in [0.5, 0.6) is 0 Å². The number of aryl methyl sites for hydroxylation is 1. The number of carbonyl (C=O) groups is 1. The van der Waals surface area contributed by atoms with Gasteiger partial charge in [0, 0.05) is 5.41 Å². The smallest absolute Gasteiger partial charge is 0.323 e. The van der Waals surface area contributed by atoms with Crippen LogP contribution in [0.15, 0.2) is 29.7 Å². The Kier molecular flexibility index (Phi) is 6.77. The van der Waals surface area contributed by atoms with E-state index < -0.39 is 22.0 Å². The number of rotatable bonds is 7. The SMILES string of the molecule is COC(=O)C(CC(C)C)NS(=O)(=O)/C=C/c1ccc(C)cc1. The van der Waals surface area contributed by atoms with E-state index in [4.69, 9.17) is 0 Å². The summed E-state index contributed by atoms with van der Waals surface area (Å²) in [7, 11) is -2.48. The molecule has 1 N–H and O–H groups in total. The standard InChI is InChI=1S/C16H23NO4S/c1-12(2)11-15(16(18)21-4)17-22(19,20)10-9-14-7-5-13(3)6-8-14/h5-10,12,15,17H,11H2,1-4H3/b10-9+. The monoisotopic (exact) mass is 325 g/mol. The lowest BCUT2D eigenvalue weighted by atomic mass is 10.1. The van der Waals surface area contributed by atoms with Crippen LogP contribution in [0, 0.1) is 12.8 Å². The quantitative estimate of drug-likeness (QED) is 0.782. The second-order valence-corrected chi connectivity index (χ2v) is 7.18. The molecule has 0 bridgehead atoms. The minimum absolute atomic E-state index is 0.160. The lowest BCUT2D eigenvalue weighted by molar-refractivity contribution is -0.143. The van der Waals surface area contributed by atoms with Crippen molar-refractivity contribution >= 4 is 22.1 Å². The molecule has 0 aliphatic rings. The van der Waals surface area contributed by atoms with Crippen molar-refractivity contribution in [2.45, 2.75) is 33.2 Å². The zero-order chi connectivity index (χ0) is 16.8. The molecule has 1 rings (SSSR count). The number of ether oxygens (including phenoxy) is 1. The van der Waals surface area contributed by atoms with Gasteiger partial charge in [0.1, 0.15) is 6.04 Å². The van der Waals surface area contributed by atoms with Gasteiger partial charge in [0.25, 0.3) is 0 Å². The Bertz CT molecular complexity index is 618. The molecule has 1 aromatic carbocycles. The van der Waals surface area contributed by atoms with Crippen LogP contribution in [0.3, 0.4) is 0 Å². The Morgan fingerprint density at radius 3 is 2.36 bits per heavy atom. The lowest BCUT2D eigenvalue weighted by Crippen LogP contribution is -2.41. The summed E-state index contributed by atoms with van der Waals surface area (Å²) in [6, 6.07) is 6.57. The molecule has 1 atom stereocenters. The predicted molar refractivity (Wildman–Crippen MR) is 87.5 cm³/mol. The maximum Gasteiger partial charge on any atom is 0.323 e. The van der Waals surface area contributed by atoms with Crippen molar-refractivity contribution in [1.82, 2.24) is 4.72 Å². The summed E-state index contributed by atoms with van der Waals surface area (Å²) in [6.07, 6.45) is 1.87. The summed E-state index contributed by atoms with van der Waals surface area (Å²) in [6.45, 7) is 5.78. The van der Waals surface area contributed by atoms with Crippen LogP contribution in [-0.2, 0) is 19.6 Å². The molecule has 6 heteroatoms. The number of esters is 1. The summed E-state index contributed by atoms with van der Waals surface area (Å²) < 4.78 is 31.2. The van der Waals surface area contributed by atoms with E-state index >= 15 is 0 Å². The van der Waals surface area contributed by atoms with Gasteiger partial charge in [-0.05, 0) is 30.9 Å². The first-order chi connectivity index (χ1) is 10.2. The number of hydrogen-bond acceptors (Lipinski definition) is 4. The third-order valence-corrected chi connectivity index (χ3v) is 4.12. The van der Waals surface area contributed by atoms with Gasteiger partial charge >= 0.3 is 5.97 Å². The fourth-order valence-electron chi connectivity index (χ4n) is 1.89. The van der Waals surface area contributed by atoms with Gasteiger partial charge in [0.15, 0.2) is 0 Å². The minimum Gasteiger partial charge on any atom is -0.468 e. The maximum absolute atomic E-state index is 12.1. The van der Waals surface area contributed by atoms with Crippen LogP contribution >= 0.6 is 0 Å². The fourth-order valence-corrected chi connectivity index (χ4v) is 2.89. The van der Waals surface area contributed by atoms with Crippen LogP contribution < -0.4 is 4.72 Å². The Morgan fingerprint density at radius 1 is 1.27 bits per heavy atom. The van der Waals surface area contributed by atoms with Gasteiger partial charge in [0.05, 0.1) is 7.11 Å². The average molecular weight is 325 g/mol. The van der Waals surface area contributed by atoms with E-state index in [1.165, 1.54) is 13.2 Å². The molecule has 0 aliphatic carbocycles. The van der Waals surface area contributed by atoms with Gasteiger partial charge in [-0.3, -0.25) is 4.79 Å². The number of methoxy groups -OCH3 is 1. The molecule has 0 aromatic heterocycles. The average Bonchev–Trinajstić information content (AvgIpc) is 2.44. The summed E-state index contributed by atoms with van der Waals surface area (Å²) in [5.74, 6) is -0.422. The second-order valence-electron chi connectivity index (χ2n) is 5.58. The van der Waals surface area contributed by atoms with E-state index in [0.717, 1.165) is 16.5 Å². The molecule has 22 heavy (non-hydrogen) atoms. The predicted octanol–water partition coefficient (Wildman–Crippen LogP) is 2.47. The molecule has 0 fully saturated rings. The molecule has 0 saturated heterocycles. The Labute approximate surface area is 132 Å². The third kappa shape index (κ3) is 6.41. The van der Waals surface area contributed by atoms with Gasteiger partial charge < -0.3 is 4.74 Å². The number of benzene rings is 1. The maximum atomic E-state index is 12.1. The molecule has 1 aromatic rings. The minimum atomic E-state index is -3.72. The lowest BCUT2D eigenvalue weighted by Gasteiger charge is -2.17. The number of sulfonamides is 1. The highest BCUT2D eigenvalue weighted by atomic mass is 32.2. The van der Waals surface area contributed by atoms with Crippen LogP contribution in [-0.4, -0.2) is 27.5 Å². The van der Waals surface area contributed by atoms with Crippen molar-refractivity contribution in [2.24, 2.45) is 5.92 Å². The van der Waals surface area contributed by atoms with Crippen molar-refractivity contribution < 1.29 is 17.9 Å². The number of hydrogen-bond donors (Lipinski definition) is 1. The van der Waals surface area contributed by atoms with Crippen molar-refractivity contribution in [1.29, 1.82) is 0 Å². The number of nitrogens with one attached hydrogen (secondary N) is 1. The van der Waals surface area contributed by atoms with Crippen molar-refractivity contribution in [3.05, 3.63) is 40.8 Å². The summed E-state index contributed by atoms with van der Waals surface area (Å²) in [4.78, 5) is 11.7. The van der Waals surface area contributed by atoms with Crippen LogP contribution in [0.1, 0.15) is 31.4 Å². The zero-order valence-electron chi connectivity index (χ0n) is 13.4. The van der Waals surface area contributed by atoms with Gasteiger partial charge in [-0.2, -0.15) is 4.72 Å². The molecule has 0 amide bonds. The normalized spacial score (nSPS) is 13.5. The Balaban J connectivity index is 2.83. The molecule has 0 heterocycles. The fraction of sp³-hybridized carbons (Fsp3) is 0.438. The van der Waals surface area contributed by atoms with E-state index in [2.05, 4.69) is 9.46 Å². The highest BCUT2D eigenvalue weighted by Crippen LogP contribution is 2.10. The van der Waals surface area contributed by atoms with Crippen LogP contribution in [0.4, 0.5) is 0 Å². The topological polar surface area (TPSA) is 72.5 Å². The molecule has 0 aliphatic heterocycles. The molecule has 122 valence electrons. The van der Waals surface area contributed by atoms with Gasteiger partial charge in [-0.1, -0.05) is 43.7 Å². The third-order valence-electron chi connectivity index (χ3n) is 3.02. The van der Waals surface area contributed by atoms with Gasteiger partial charge in [-0.15, -0.1) is 0 Å². The van der Waals surface area contributed by atoms with Crippen molar-refractivity contribution in [2.75, 3.05) is 7.11 Å². The summed E-state index contributed by atoms with van der Waals surface area (Å²) >= 11 is 0. The zero-order valence-corrected chi connectivity index (χ0v) is 14.2. The first kappa shape index (κ1) is 18.4. The molecule has 0 radical (unpaired) electrons. The molecule has 5 nitrogen and oxygen atoms in total. The molecular formula is C16H23NO4S. The highest BCUT2D eigenvalue weighted by molar-refractivity contribution is 7.92. The summed E-state index contributed by atoms with van der Waals surface area (Å²) in [5.41, 5.74) is 1.87. The van der Waals surface area contributed by atoms with Crippen molar-refractivity contribution in [3.8, 4) is 0 Å². The van der Waals surface area contributed by atoms with Crippen LogP contribution in [0.25, 0.3) is 6.08 Å². The van der Waals surface area contributed by atoms with E-state index in [-0.39, 0.29) is 5.92 Å². The molecule has 1 unspecified atom stereocenters. The van der Waals surface area contributed by atoms with Crippen LogP contribution in [0.2, 0.25) is 0 Å². The first-order valence-corrected chi connectivity index (χ1v) is 8.63. The molecule has 0 saturated carbocycles. The second kappa shape index (κ2) is 8.10. The van der Waals surface area contributed by atoms with E-state index in [1.807, 2.05) is 45.0 Å². The van der Waals surface area contributed by atoms with E-state index in [0.29, 0.717) is 6.42 Å². The van der Waals surface area contributed by atoms with E-state index in [9.17, 15) is 13.2 Å². The molecule has 0 spiro atoms. The Morgan fingerprint density at radius 2 is 1.86 bits per heavy atom.